The van der Waals surface area contributed by atoms with Crippen molar-refractivity contribution >= 4 is 53.0 Å². The molecule has 8 rings (SSSR count). The molecule has 10 nitrogen and oxygen atoms in total. The lowest BCUT2D eigenvalue weighted by Crippen LogP contribution is -2.48. The minimum Gasteiger partial charge on any atom is -0.345 e. The van der Waals surface area contributed by atoms with Crippen LogP contribution in [0.5, 0.6) is 0 Å². The summed E-state index contributed by atoms with van der Waals surface area (Å²) in [6, 6.07) is 22.1. The SMILES string of the molecule is Cc1cc(C)c(-c2csc(N3CCN(S(=O)(=O)c4cccc(C(F)(F)F)c4)CC3)n2)c(C)c1.O=S(=O)(c1ccccc1C(F)(F)F)N1CCN(c2nc(-c3ccccc3)cs2)CC1. The summed E-state index contributed by atoms with van der Waals surface area (Å²) in [7, 11) is -8.26. The molecule has 0 N–H and O–H groups in total. The first kappa shape index (κ1) is 46.1. The Morgan fingerprint density at radius 3 is 1.62 bits per heavy atom. The van der Waals surface area contributed by atoms with E-state index < -0.39 is 48.4 Å². The fourth-order valence-corrected chi connectivity index (χ4v) is 12.4. The van der Waals surface area contributed by atoms with Crippen molar-refractivity contribution in [2.45, 2.75) is 42.9 Å². The van der Waals surface area contributed by atoms with Crippen molar-refractivity contribution in [2.24, 2.45) is 0 Å². The Morgan fingerprint density at radius 1 is 0.556 bits per heavy atom. The molecule has 2 fully saturated rings. The normalized spacial score (nSPS) is 15.9. The van der Waals surface area contributed by atoms with Gasteiger partial charge in [-0.15, -0.1) is 22.7 Å². The number of thiazole rings is 2. The molecule has 0 aliphatic carbocycles. The number of piperazine rings is 2. The molecule has 6 aromatic rings. The Balaban J connectivity index is 0.000000190. The zero-order valence-corrected chi connectivity index (χ0v) is 37.5. The minimum atomic E-state index is -4.74. The molecule has 334 valence electrons. The maximum Gasteiger partial charge on any atom is 0.417 e. The van der Waals surface area contributed by atoms with Crippen molar-refractivity contribution in [3.8, 4) is 22.5 Å². The number of benzene rings is 4. The smallest absolute Gasteiger partial charge is 0.345 e. The molecule has 0 unspecified atom stereocenters. The fraction of sp³-hybridized carbons (Fsp3) is 0.302. The molecule has 0 atom stereocenters. The van der Waals surface area contributed by atoms with E-state index in [-0.39, 0.29) is 31.1 Å². The van der Waals surface area contributed by atoms with Crippen LogP contribution in [0, 0.1) is 20.8 Å². The maximum atomic E-state index is 13.3. The van der Waals surface area contributed by atoms with E-state index in [9.17, 15) is 43.2 Å². The summed E-state index contributed by atoms with van der Waals surface area (Å²) in [6.07, 6.45) is -9.33. The second kappa shape index (κ2) is 18.3. The second-order valence-corrected chi connectivity index (χ2v) is 20.5. The molecule has 2 aliphatic heterocycles. The van der Waals surface area contributed by atoms with Crippen LogP contribution in [0.4, 0.5) is 36.6 Å². The van der Waals surface area contributed by atoms with Gasteiger partial charge in [0.1, 0.15) is 0 Å². The molecular formula is C43H42F6N6O4S4. The van der Waals surface area contributed by atoms with Crippen LogP contribution in [0.15, 0.2) is 112 Å². The Morgan fingerprint density at radius 2 is 1.06 bits per heavy atom. The molecule has 0 spiro atoms. The average Bonchev–Trinajstić information content (AvgIpc) is 3.95. The van der Waals surface area contributed by atoms with Gasteiger partial charge >= 0.3 is 12.4 Å². The van der Waals surface area contributed by atoms with E-state index in [0.717, 1.165) is 72.5 Å². The standard InChI is InChI=1S/C23H24F3N3O2S2.C20H18F3N3O2S2/c1-15-11-16(2)21(17(3)12-15)20-14-32-22(27-20)28-7-9-29(10-8-28)33(30,31)19-6-4-5-18(13-19)23(24,25)26;21-20(22,23)16-8-4-5-9-18(16)30(27,28)26-12-10-25(11-13-26)19-24-17(14-29-19)15-6-2-1-3-7-15/h4-6,11-14H,7-10H2,1-3H3;1-9,14H,10-13H2. The van der Waals surface area contributed by atoms with Crippen LogP contribution in [0.3, 0.4) is 0 Å². The molecule has 2 aliphatic rings. The number of halogens is 6. The second-order valence-electron chi connectivity index (χ2n) is 15.0. The highest BCUT2D eigenvalue weighted by atomic mass is 32.2. The summed E-state index contributed by atoms with van der Waals surface area (Å²) < 4.78 is 133. The van der Waals surface area contributed by atoms with Crippen LogP contribution in [-0.2, 0) is 32.4 Å². The number of rotatable bonds is 8. The predicted molar refractivity (Wildman–Crippen MR) is 234 cm³/mol. The van der Waals surface area contributed by atoms with Gasteiger partial charge in [-0.25, -0.2) is 26.8 Å². The zero-order valence-electron chi connectivity index (χ0n) is 34.2. The van der Waals surface area contributed by atoms with Crippen LogP contribution in [0.2, 0.25) is 0 Å². The number of nitrogens with zero attached hydrogens (tertiary/aromatic N) is 6. The summed E-state index contributed by atoms with van der Waals surface area (Å²) in [5.41, 5.74) is 5.22. The molecule has 0 amide bonds. The lowest BCUT2D eigenvalue weighted by Gasteiger charge is -2.34. The number of aryl methyl sites for hydroxylation is 3. The highest BCUT2D eigenvalue weighted by Gasteiger charge is 2.40. The van der Waals surface area contributed by atoms with E-state index in [2.05, 4.69) is 37.9 Å². The first-order valence-corrected chi connectivity index (χ1v) is 24.3. The van der Waals surface area contributed by atoms with Gasteiger partial charge in [0.2, 0.25) is 20.0 Å². The molecule has 2 aromatic heterocycles. The van der Waals surface area contributed by atoms with E-state index in [1.165, 1.54) is 50.7 Å². The molecule has 0 radical (unpaired) electrons. The zero-order chi connectivity index (χ0) is 45.3. The summed E-state index contributed by atoms with van der Waals surface area (Å²) >= 11 is 2.96. The van der Waals surface area contributed by atoms with E-state index in [1.54, 1.807) is 0 Å². The molecule has 4 heterocycles. The highest BCUT2D eigenvalue weighted by molar-refractivity contribution is 7.89. The van der Waals surface area contributed by atoms with Crippen LogP contribution in [-0.4, -0.2) is 87.8 Å². The first-order valence-electron chi connectivity index (χ1n) is 19.6. The maximum absolute atomic E-state index is 13.3. The third kappa shape index (κ3) is 10.3. The van der Waals surface area contributed by atoms with Gasteiger partial charge in [0, 0.05) is 74.2 Å². The van der Waals surface area contributed by atoms with Crippen LogP contribution in [0.25, 0.3) is 22.5 Å². The number of alkyl halides is 6. The highest BCUT2D eigenvalue weighted by Crippen LogP contribution is 2.37. The van der Waals surface area contributed by atoms with Crippen molar-refractivity contribution in [3.05, 3.63) is 130 Å². The Hall–Kier alpha value is -4.86. The Kier molecular flexibility index (Phi) is 13.4. The van der Waals surface area contributed by atoms with E-state index in [4.69, 9.17) is 4.98 Å². The predicted octanol–water partition coefficient (Wildman–Crippen LogP) is 9.60. The van der Waals surface area contributed by atoms with Crippen molar-refractivity contribution in [1.82, 2.24) is 18.6 Å². The number of aromatic nitrogens is 2. The largest absolute Gasteiger partial charge is 0.417 e. The van der Waals surface area contributed by atoms with Crippen molar-refractivity contribution in [2.75, 3.05) is 62.2 Å². The molecule has 4 aromatic carbocycles. The first-order chi connectivity index (χ1) is 29.7. The minimum absolute atomic E-state index is 0.0920. The number of sulfonamides is 2. The van der Waals surface area contributed by atoms with Crippen LogP contribution >= 0.6 is 22.7 Å². The number of hydrogen-bond donors (Lipinski definition) is 0. The Labute approximate surface area is 370 Å². The van der Waals surface area contributed by atoms with E-state index in [0.29, 0.717) is 32.2 Å². The van der Waals surface area contributed by atoms with Crippen LogP contribution in [0.1, 0.15) is 27.8 Å². The van der Waals surface area contributed by atoms with Crippen LogP contribution < -0.4 is 9.80 Å². The average molecular weight is 949 g/mol. The van der Waals surface area contributed by atoms with Gasteiger partial charge in [-0.2, -0.15) is 35.0 Å². The quantitative estimate of drug-likeness (QED) is 0.139. The number of hydrogen-bond acceptors (Lipinski definition) is 10. The van der Waals surface area contributed by atoms with Gasteiger partial charge in [-0.1, -0.05) is 66.2 Å². The molecule has 0 saturated carbocycles. The summed E-state index contributed by atoms with van der Waals surface area (Å²) in [5, 5.41) is 5.51. The van der Waals surface area contributed by atoms with Gasteiger partial charge < -0.3 is 9.80 Å². The third-order valence-corrected chi connectivity index (χ3v) is 16.3. The van der Waals surface area contributed by atoms with E-state index >= 15 is 0 Å². The van der Waals surface area contributed by atoms with Gasteiger partial charge in [0.05, 0.1) is 32.3 Å². The molecule has 2 saturated heterocycles. The van der Waals surface area contributed by atoms with Crippen molar-refractivity contribution in [1.29, 1.82) is 0 Å². The molecule has 20 heteroatoms. The monoisotopic (exact) mass is 948 g/mol. The van der Waals surface area contributed by atoms with Gasteiger partial charge in [-0.3, -0.25) is 0 Å². The summed E-state index contributed by atoms with van der Waals surface area (Å²) in [4.78, 5) is 12.3. The fourth-order valence-electron chi connectivity index (χ4n) is 7.55. The third-order valence-electron chi connectivity index (χ3n) is 10.6. The summed E-state index contributed by atoms with van der Waals surface area (Å²) in [6.45, 7) is 8.26. The Bertz CT molecular complexity index is 2760. The van der Waals surface area contributed by atoms with Gasteiger partial charge in [0.15, 0.2) is 10.3 Å². The molecular weight excluding hydrogens is 907 g/mol. The lowest BCUT2D eigenvalue weighted by molar-refractivity contribution is -0.140. The van der Waals surface area contributed by atoms with Crippen molar-refractivity contribution < 1.29 is 43.2 Å². The molecule has 63 heavy (non-hydrogen) atoms. The van der Waals surface area contributed by atoms with Gasteiger partial charge in [-0.05, 0) is 62.2 Å². The topological polar surface area (TPSA) is 107 Å². The number of anilines is 2. The van der Waals surface area contributed by atoms with E-state index in [1.807, 2.05) is 50.9 Å². The molecule has 0 bridgehead atoms. The summed E-state index contributed by atoms with van der Waals surface area (Å²) in [5.74, 6) is 0. The van der Waals surface area contributed by atoms with Crippen molar-refractivity contribution in [3.63, 3.8) is 0 Å². The van der Waals surface area contributed by atoms with Gasteiger partial charge in [0.25, 0.3) is 0 Å². The lowest BCUT2D eigenvalue weighted by atomic mass is 9.98.